The van der Waals surface area contributed by atoms with Crippen LogP contribution in [0.1, 0.15) is 47.5 Å². The molecule has 6 nitrogen and oxygen atoms in total. The molecule has 21 heavy (non-hydrogen) atoms. The predicted molar refractivity (Wildman–Crippen MR) is 77.6 cm³/mol. The smallest absolute Gasteiger partial charge is 0.322 e. The number of hydrogen-bond donors (Lipinski definition) is 0. The summed E-state index contributed by atoms with van der Waals surface area (Å²) < 4.78 is 20.8. The summed E-state index contributed by atoms with van der Waals surface area (Å²) in [7, 11) is 0. The molecule has 3 atom stereocenters. The van der Waals surface area contributed by atoms with Gasteiger partial charge in [0.25, 0.3) is 0 Å². The maximum atomic E-state index is 11.9. The van der Waals surface area contributed by atoms with Crippen LogP contribution in [0.15, 0.2) is 0 Å². The van der Waals surface area contributed by atoms with Crippen molar-refractivity contribution < 1.29 is 28.5 Å². The lowest BCUT2D eigenvalue weighted by atomic mass is 10.2. The lowest BCUT2D eigenvalue weighted by Gasteiger charge is -2.20. The number of carbonyl (C=O) groups excluding carboxylic acids is 2. The van der Waals surface area contributed by atoms with E-state index in [1.54, 1.807) is 6.92 Å². The Hall–Kier alpha value is -1.14. The summed E-state index contributed by atoms with van der Waals surface area (Å²) >= 11 is 0. The van der Waals surface area contributed by atoms with E-state index < -0.39 is 24.1 Å². The molecule has 0 heterocycles. The van der Waals surface area contributed by atoms with Crippen molar-refractivity contribution in [2.24, 2.45) is 5.92 Å². The number of hydrogen-bond acceptors (Lipinski definition) is 6. The molecule has 0 saturated heterocycles. The van der Waals surface area contributed by atoms with Crippen LogP contribution in [0.4, 0.5) is 0 Å². The third-order valence-corrected chi connectivity index (χ3v) is 2.90. The van der Waals surface area contributed by atoms with Crippen molar-refractivity contribution in [2.45, 2.75) is 59.9 Å². The van der Waals surface area contributed by atoms with E-state index in [4.69, 9.17) is 18.9 Å². The van der Waals surface area contributed by atoms with Crippen molar-refractivity contribution in [3.63, 3.8) is 0 Å². The average molecular weight is 304 g/mol. The van der Waals surface area contributed by atoms with Crippen molar-refractivity contribution >= 4 is 11.9 Å². The standard InChI is InChI=1S/C15H28O6/c1-6-11(4)20-14(16)12(5)15(17)21-13(19-8-3)9-10-18-7-2/h11-13H,6-10H2,1-5H3. The monoisotopic (exact) mass is 304 g/mol. The van der Waals surface area contributed by atoms with Crippen molar-refractivity contribution in [3.05, 3.63) is 0 Å². The highest BCUT2D eigenvalue weighted by Gasteiger charge is 2.28. The third-order valence-electron chi connectivity index (χ3n) is 2.90. The zero-order valence-electron chi connectivity index (χ0n) is 13.7. The summed E-state index contributed by atoms with van der Waals surface area (Å²) in [5.41, 5.74) is 0. The molecule has 0 aliphatic rings. The first-order chi connectivity index (χ1) is 9.96. The fraction of sp³-hybridized carbons (Fsp3) is 0.867. The molecule has 0 amide bonds. The molecule has 0 spiro atoms. The van der Waals surface area contributed by atoms with Gasteiger partial charge in [0, 0.05) is 19.6 Å². The van der Waals surface area contributed by atoms with Crippen LogP contribution >= 0.6 is 0 Å². The van der Waals surface area contributed by atoms with Gasteiger partial charge in [-0.1, -0.05) is 6.92 Å². The fourth-order valence-electron chi connectivity index (χ4n) is 1.40. The largest absolute Gasteiger partial charge is 0.462 e. The van der Waals surface area contributed by atoms with Gasteiger partial charge in [0.05, 0.1) is 12.7 Å². The average Bonchev–Trinajstić information content (AvgIpc) is 2.46. The van der Waals surface area contributed by atoms with Crippen molar-refractivity contribution in [2.75, 3.05) is 19.8 Å². The van der Waals surface area contributed by atoms with Crippen LogP contribution in [0.25, 0.3) is 0 Å². The second kappa shape index (κ2) is 11.5. The normalized spacial score (nSPS) is 15.1. The van der Waals surface area contributed by atoms with Gasteiger partial charge in [-0.25, -0.2) is 0 Å². The van der Waals surface area contributed by atoms with Crippen molar-refractivity contribution in [1.82, 2.24) is 0 Å². The van der Waals surface area contributed by atoms with E-state index in [2.05, 4.69) is 0 Å². The SMILES string of the molecule is CCOCCC(OCC)OC(=O)C(C)C(=O)OC(C)CC. The minimum Gasteiger partial charge on any atom is -0.462 e. The van der Waals surface area contributed by atoms with Crippen LogP contribution in [-0.4, -0.2) is 44.2 Å². The van der Waals surface area contributed by atoms with E-state index in [1.807, 2.05) is 20.8 Å². The molecule has 0 fully saturated rings. The summed E-state index contributed by atoms with van der Waals surface area (Å²) in [4.78, 5) is 23.7. The Kier molecular flexibility index (Phi) is 10.9. The van der Waals surface area contributed by atoms with E-state index in [1.165, 1.54) is 6.92 Å². The van der Waals surface area contributed by atoms with Gasteiger partial charge in [0.2, 0.25) is 6.29 Å². The molecule has 0 aromatic carbocycles. The van der Waals surface area contributed by atoms with Gasteiger partial charge >= 0.3 is 11.9 Å². The highest BCUT2D eigenvalue weighted by Crippen LogP contribution is 2.10. The molecule has 0 N–H and O–H groups in total. The van der Waals surface area contributed by atoms with Gasteiger partial charge in [-0.3, -0.25) is 9.59 Å². The first-order valence-electron chi connectivity index (χ1n) is 7.56. The number of ether oxygens (including phenoxy) is 4. The molecule has 3 unspecified atom stereocenters. The molecule has 0 aliphatic carbocycles. The molecule has 0 aromatic rings. The molecule has 0 rings (SSSR count). The highest BCUT2D eigenvalue weighted by atomic mass is 16.7. The quantitative estimate of drug-likeness (QED) is 0.252. The maximum absolute atomic E-state index is 11.9. The van der Waals surface area contributed by atoms with Gasteiger partial charge in [-0.05, 0) is 34.1 Å². The van der Waals surface area contributed by atoms with Crippen LogP contribution in [0.5, 0.6) is 0 Å². The first kappa shape index (κ1) is 19.9. The summed E-state index contributed by atoms with van der Waals surface area (Å²) in [5.74, 6) is -2.18. The molecular weight excluding hydrogens is 276 g/mol. The van der Waals surface area contributed by atoms with E-state index >= 15 is 0 Å². The fourth-order valence-corrected chi connectivity index (χ4v) is 1.40. The van der Waals surface area contributed by atoms with E-state index in [0.29, 0.717) is 32.7 Å². The highest BCUT2D eigenvalue weighted by molar-refractivity contribution is 5.94. The first-order valence-corrected chi connectivity index (χ1v) is 7.56. The van der Waals surface area contributed by atoms with Crippen LogP contribution in [-0.2, 0) is 28.5 Å². The molecule has 0 aliphatic heterocycles. The Morgan fingerprint density at radius 1 is 0.952 bits per heavy atom. The minimum absolute atomic E-state index is 0.214. The van der Waals surface area contributed by atoms with Crippen LogP contribution in [0.2, 0.25) is 0 Å². The van der Waals surface area contributed by atoms with E-state index in [9.17, 15) is 9.59 Å². The van der Waals surface area contributed by atoms with Gasteiger partial charge in [0.15, 0.2) is 5.92 Å². The second-order valence-corrected chi connectivity index (χ2v) is 4.68. The summed E-state index contributed by atoms with van der Waals surface area (Å²) in [6, 6.07) is 0. The molecule has 0 aromatic heterocycles. The van der Waals surface area contributed by atoms with Crippen molar-refractivity contribution in [1.29, 1.82) is 0 Å². The molecular formula is C15H28O6. The summed E-state index contributed by atoms with van der Waals surface area (Å²) in [6.45, 7) is 10.3. The predicted octanol–water partition coefficient (Wildman–Crippen LogP) is 2.30. The zero-order chi connectivity index (χ0) is 16.3. The van der Waals surface area contributed by atoms with E-state index in [-0.39, 0.29) is 6.10 Å². The Morgan fingerprint density at radius 3 is 2.10 bits per heavy atom. The molecule has 0 radical (unpaired) electrons. The molecule has 124 valence electrons. The topological polar surface area (TPSA) is 71.1 Å². The Balaban J connectivity index is 4.34. The number of rotatable bonds is 11. The van der Waals surface area contributed by atoms with Crippen LogP contribution in [0, 0.1) is 5.92 Å². The number of esters is 2. The zero-order valence-corrected chi connectivity index (χ0v) is 13.7. The Morgan fingerprint density at radius 2 is 1.57 bits per heavy atom. The van der Waals surface area contributed by atoms with Crippen LogP contribution < -0.4 is 0 Å². The van der Waals surface area contributed by atoms with Gasteiger partial charge in [-0.2, -0.15) is 0 Å². The van der Waals surface area contributed by atoms with Crippen LogP contribution in [0.3, 0.4) is 0 Å². The lowest BCUT2D eigenvalue weighted by molar-refractivity contribution is -0.189. The van der Waals surface area contributed by atoms with Gasteiger partial charge in [0.1, 0.15) is 0 Å². The molecule has 6 heteroatoms. The molecule has 0 saturated carbocycles. The minimum atomic E-state index is -0.964. The lowest BCUT2D eigenvalue weighted by Crippen LogP contribution is -2.32. The van der Waals surface area contributed by atoms with E-state index in [0.717, 1.165) is 0 Å². The van der Waals surface area contributed by atoms with Gasteiger partial charge < -0.3 is 18.9 Å². The third kappa shape index (κ3) is 8.67. The van der Waals surface area contributed by atoms with Crippen molar-refractivity contribution in [3.8, 4) is 0 Å². The summed E-state index contributed by atoms with van der Waals surface area (Å²) in [6.07, 6.45) is 0.213. The molecule has 0 bridgehead atoms. The Labute approximate surface area is 127 Å². The number of carbonyl (C=O) groups is 2. The second-order valence-electron chi connectivity index (χ2n) is 4.68. The maximum Gasteiger partial charge on any atom is 0.322 e. The summed E-state index contributed by atoms with van der Waals surface area (Å²) in [5, 5.41) is 0. The van der Waals surface area contributed by atoms with Gasteiger partial charge in [-0.15, -0.1) is 0 Å². The Bertz CT molecular complexity index is 305.